The van der Waals surface area contributed by atoms with Crippen molar-refractivity contribution in [2.45, 2.75) is 58.8 Å². The van der Waals surface area contributed by atoms with Crippen molar-refractivity contribution in [2.75, 3.05) is 20.2 Å². The summed E-state index contributed by atoms with van der Waals surface area (Å²) in [4.78, 5) is 14.7. The normalized spacial score (nSPS) is 10.5. The van der Waals surface area contributed by atoms with E-state index >= 15 is 0 Å². The van der Waals surface area contributed by atoms with Crippen LogP contribution in [-0.2, 0) is 0 Å². The van der Waals surface area contributed by atoms with Crippen molar-refractivity contribution in [2.24, 2.45) is 0 Å². The number of benzene rings is 1. The van der Waals surface area contributed by atoms with Gasteiger partial charge < -0.3 is 9.64 Å². The molecule has 1 aromatic rings. The van der Waals surface area contributed by atoms with E-state index in [1.807, 2.05) is 29.2 Å². The van der Waals surface area contributed by atoms with Crippen molar-refractivity contribution in [1.29, 1.82) is 0 Å². The average Bonchev–Trinajstić information content (AvgIpc) is 2.57. The van der Waals surface area contributed by atoms with E-state index in [4.69, 9.17) is 4.74 Å². The van der Waals surface area contributed by atoms with Gasteiger partial charge in [0.25, 0.3) is 5.91 Å². The van der Waals surface area contributed by atoms with Crippen LogP contribution in [0.4, 0.5) is 0 Å². The number of carbonyl (C=O) groups is 1. The fraction of sp³-hybridized carbons (Fsp3) is 0.632. The number of hydrogen-bond acceptors (Lipinski definition) is 2. The number of unbranched alkanes of at least 4 members (excludes halogenated alkanes) is 5. The summed E-state index contributed by atoms with van der Waals surface area (Å²) < 4.78 is 5.15. The topological polar surface area (TPSA) is 29.5 Å². The molecule has 1 rings (SSSR count). The molecule has 0 aliphatic heterocycles. The van der Waals surface area contributed by atoms with Gasteiger partial charge in [0.1, 0.15) is 5.75 Å². The summed E-state index contributed by atoms with van der Waals surface area (Å²) in [5.74, 6) is 0.933. The highest BCUT2D eigenvalue weighted by molar-refractivity contribution is 5.94. The molecule has 0 N–H and O–H groups in total. The van der Waals surface area contributed by atoms with Gasteiger partial charge in [-0.05, 0) is 37.1 Å². The average molecular weight is 305 g/mol. The SMILES string of the molecule is CCCCCCCN(CCCC)C(=O)c1ccc(OC)cc1. The standard InChI is InChI=1S/C19H31NO2/c1-4-6-8-9-10-16-20(15-7-5-2)19(21)17-11-13-18(22-3)14-12-17/h11-14H,4-10,15-16H2,1-3H3. The second kappa shape index (κ2) is 11.1. The Hall–Kier alpha value is -1.51. The Morgan fingerprint density at radius 1 is 0.909 bits per heavy atom. The van der Waals surface area contributed by atoms with Crippen molar-refractivity contribution < 1.29 is 9.53 Å². The lowest BCUT2D eigenvalue weighted by Gasteiger charge is -2.23. The van der Waals surface area contributed by atoms with Crippen LogP contribution >= 0.6 is 0 Å². The van der Waals surface area contributed by atoms with E-state index in [1.165, 1.54) is 25.7 Å². The number of ether oxygens (including phenoxy) is 1. The summed E-state index contributed by atoms with van der Waals surface area (Å²) in [5.41, 5.74) is 0.755. The maximum absolute atomic E-state index is 12.7. The van der Waals surface area contributed by atoms with Crippen molar-refractivity contribution in [3.8, 4) is 5.75 Å². The highest BCUT2D eigenvalue weighted by atomic mass is 16.5. The van der Waals surface area contributed by atoms with Crippen LogP contribution in [0, 0.1) is 0 Å². The van der Waals surface area contributed by atoms with Crippen LogP contribution in [0.25, 0.3) is 0 Å². The minimum atomic E-state index is 0.145. The predicted octanol–water partition coefficient (Wildman–Crippen LogP) is 4.91. The Kier molecular flexibility index (Phi) is 9.36. The highest BCUT2D eigenvalue weighted by Gasteiger charge is 2.14. The zero-order chi connectivity index (χ0) is 16.2. The van der Waals surface area contributed by atoms with E-state index in [0.29, 0.717) is 0 Å². The molecule has 0 spiro atoms. The number of nitrogens with zero attached hydrogens (tertiary/aromatic N) is 1. The summed E-state index contributed by atoms with van der Waals surface area (Å²) >= 11 is 0. The van der Waals surface area contributed by atoms with Gasteiger partial charge in [0, 0.05) is 18.7 Å². The van der Waals surface area contributed by atoms with E-state index in [0.717, 1.165) is 43.7 Å². The fourth-order valence-corrected chi connectivity index (χ4v) is 2.49. The highest BCUT2D eigenvalue weighted by Crippen LogP contribution is 2.14. The maximum atomic E-state index is 12.7. The second-order valence-corrected chi connectivity index (χ2v) is 5.79. The molecule has 3 nitrogen and oxygen atoms in total. The van der Waals surface area contributed by atoms with E-state index in [2.05, 4.69) is 13.8 Å². The van der Waals surface area contributed by atoms with Gasteiger partial charge in [0.2, 0.25) is 0 Å². The van der Waals surface area contributed by atoms with Crippen LogP contribution < -0.4 is 4.74 Å². The van der Waals surface area contributed by atoms with E-state index in [-0.39, 0.29) is 5.91 Å². The zero-order valence-corrected chi connectivity index (χ0v) is 14.4. The van der Waals surface area contributed by atoms with Crippen LogP contribution in [0.15, 0.2) is 24.3 Å². The first-order valence-corrected chi connectivity index (χ1v) is 8.66. The van der Waals surface area contributed by atoms with E-state index < -0.39 is 0 Å². The molecule has 0 atom stereocenters. The minimum Gasteiger partial charge on any atom is -0.497 e. The quantitative estimate of drug-likeness (QED) is 0.544. The van der Waals surface area contributed by atoms with Crippen LogP contribution in [-0.4, -0.2) is 31.0 Å². The molecule has 124 valence electrons. The first-order valence-electron chi connectivity index (χ1n) is 8.66. The van der Waals surface area contributed by atoms with Gasteiger partial charge in [0.15, 0.2) is 0 Å². The minimum absolute atomic E-state index is 0.145. The first kappa shape index (κ1) is 18.5. The van der Waals surface area contributed by atoms with Gasteiger partial charge in [-0.15, -0.1) is 0 Å². The van der Waals surface area contributed by atoms with Crippen LogP contribution in [0.3, 0.4) is 0 Å². The molecule has 0 aromatic heterocycles. The lowest BCUT2D eigenvalue weighted by molar-refractivity contribution is 0.0750. The molecule has 0 radical (unpaired) electrons. The third kappa shape index (κ3) is 6.50. The largest absolute Gasteiger partial charge is 0.497 e. The molecule has 3 heteroatoms. The Labute approximate surface area is 135 Å². The van der Waals surface area contributed by atoms with Gasteiger partial charge in [-0.1, -0.05) is 46.0 Å². The summed E-state index contributed by atoms with van der Waals surface area (Å²) in [6.07, 6.45) is 8.32. The maximum Gasteiger partial charge on any atom is 0.253 e. The molecule has 0 saturated heterocycles. The molecule has 0 heterocycles. The molecule has 0 aliphatic rings. The molecule has 22 heavy (non-hydrogen) atoms. The molecule has 1 amide bonds. The van der Waals surface area contributed by atoms with Crippen LogP contribution in [0.5, 0.6) is 5.75 Å². The van der Waals surface area contributed by atoms with E-state index in [1.54, 1.807) is 7.11 Å². The fourth-order valence-electron chi connectivity index (χ4n) is 2.49. The third-order valence-electron chi connectivity index (χ3n) is 3.94. The smallest absolute Gasteiger partial charge is 0.253 e. The number of rotatable bonds is 11. The van der Waals surface area contributed by atoms with Crippen LogP contribution in [0.2, 0.25) is 0 Å². The number of methoxy groups -OCH3 is 1. The molecule has 0 unspecified atom stereocenters. The number of carbonyl (C=O) groups excluding carboxylic acids is 1. The van der Waals surface area contributed by atoms with Gasteiger partial charge in [-0.3, -0.25) is 4.79 Å². The Morgan fingerprint density at radius 3 is 2.09 bits per heavy atom. The molecular formula is C19H31NO2. The van der Waals surface area contributed by atoms with Gasteiger partial charge in [-0.2, -0.15) is 0 Å². The van der Waals surface area contributed by atoms with E-state index in [9.17, 15) is 4.79 Å². The molecule has 0 fully saturated rings. The van der Waals surface area contributed by atoms with Gasteiger partial charge >= 0.3 is 0 Å². The molecular weight excluding hydrogens is 274 g/mol. The number of hydrogen-bond donors (Lipinski definition) is 0. The lowest BCUT2D eigenvalue weighted by atomic mass is 10.1. The summed E-state index contributed by atoms with van der Waals surface area (Å²) in [7, 11) is 1.64. The van der Waals surface area contributed by atoms with Gasteiger partial charge in [-0.25, -0.2) is 0 Å². The lowest BCUT2D eigenvalue weighted by Crippen LogP contribution is -2.33. The summed E-state index contributed by atoms with van der Waals surface area (Å²) in [5, 5.41) is 0. The van der Waals surface area contributed by atoms with Crippen LogP contribution in [0.1, 0.15) is 69.2 Å². The summed E-state index contributed by atoms with van der Waals surface area (Å²) in [6, 6.07) is 7.42. The van der Waals surface area contributed by atoms with Gasteiger partial charge in [0.05, 0.1) is 7.11 Å². The third-order valence-corrected chi connectivity index (χ3v) is 3.94. The Balaban J connectivity index is 2.57. The second-order valence-electron chi connectivity index (χ2n) is 5.79. The van der Waals surface area contributed by atoms with Crippen molar-refractivity contribution in [3.05, 3.63) is 29.8 Å². The Morgan fingerprint density at radius 2 is 1.50 bits per heavy atom. The van der Waals surface area contributed by atoms with Crippen molar-refractivity contribution in [3.63, 3.8) is 0 Å². The monoisotopic (exact) mass is 305 g/mol. The molecule has 0 saturated carbocycles. The first-order chi connectivity index (χ1) is 10.7. The zero-order valence-electron chi connectivity index (χ0n) is 14.4. The molecule has 1 aromatic carbocycles. The Bertz CT molecular complexity index is 414. The van der Waals surface area contributed by atoms with Crippen molar-refractivity contribution in [1.82, 2.24) is 4.90 Å². The predicted molar refractivity (Wildman–Crippen MR) is 92.6 cm³/mol. The molecule has 0 aliphatic carbocycles. The van der Waals surface area contributed by atoms with Crippen molar-refractivity contribution >= 4 is 5.91 Å². The molecule has 0 bridgehead atoms. The summed E-state index contributed by atoms with van der Waals surface area (Å²) in [6.45, 7) is 6.11. The number of amides is 1.